The first-order chi connectivity index (χ1) is 8.29. The Hall–Kier alpha value is -1.13. The standard InChI is InChI=1S/C12H15ClN4/c1-2-16-8-4-5-9(16)12-14-11-7-3-6-10(13)17(11)15-12/h3,6-7,9H,2,4-5,8H2,1H3. The minimum absolute atomic E-state index is 0.357. The number of hydrogen-bond acceptors (Lipinski definition) is 3. The third kappa shape index (κ3) is 1.81. The molecule has 0 N–H and O–H groups in total. The van der Waals surface area contributed by atoms with E-state index in [4.69, 9.17) is 11.6 Å². The van der Waals surface area contributed by atoms with Crippen LogP contribution in [0.15, 0.2) is 18.2 Å². The van der Waals surface area contributed by atoms with Crippen LogP contribution in [0.1, 0.15) is 31.6 Å². The smallest absolute Gasteiger partial charge is 0.168 e. The Morgan fingerprint density at radius 1 is 1.47 bits per heavy atom. The van der Waals surface area contributed by atoms with Crippen LogP contribution in [0, 0.1) is 0 Å². The van der Waals surface area contributed by atoms with Crippen LogP contribution < -0.4 is 0 Å². The Bertz CT molecular complexity index is 536. The number of pyridine rings is 1. The monoisotopic (exact) mass is 250 g/mol. The molecule has 1 aliphatic rings. The minimum Gasteiger partial charge on any atom is -0.294 e. The fourth-order valence-corrected chi connectivity index (χ4v) is 2.73. The van der Waals surface area contributed by atoms with Crippen LogP contribution in [-0.4, -0.2) is 32.6 Å². The summed E-state index contributed by atoms with van der Waals surface area (Å²) in [5, 5.41) is 5.14. The Morgan fingerprint density at radius 3 is 3.12 bits per heavy atom. The number of nitrogens with zero attached hydrogens (tertiary/aromatic N) is 4. The van der Waals surface area contributed by atoms with Crippen molar-refractivity contribution in [3.8, 4) is 0 Å². The van der Waals surface area contributed by atoms with Gasteiger partial charge in [-0.15, -0.1) is 5.10 Å². The summed E-state index contributed by atoms with van der Waals surface area (Å²) in [6.07, 6.45) is 2.37. The molecule has 2 aromatic rings. The van der Waals surface area contributed by atoms with Crippen LogP contribution in [0.2, 0.25) is 5.15 Å². The molecule has 17 heavy (non-hydrogen) atoms. The summed E-state index contributed by atoms with van der Waals surface area (Å²) in [7, 11) is 0. The third-order valence-electron chi connectivity index (χ3n) is 3.40. The lowest BCUT2D eigenvalue weighted by atomic mass is 10.2. The van der Waals surface area contributed by atoms with Crippen LogP contribution in [0.5, 0.6) is 0 Å². The number of aromatic nitrogens is 3. The molecule has 0 aromatic carbocycles. The highest BCUT2D eigenvalue weighted by Gasteiger charge is 2.28. The summed E-state index contributed by atoms with van der Waals surface area (Å²) in [5.41, 5.74) is 0.829. The molecule has 0 spiro atoms. The van der Waals surface area contributed by atoms with Gasteiger partial charge in [0.25, 0.3) is 0 Å². The van der Waals surface area contributed by atoms with Crippen LogP contribution in [-0.2, 0) is 0 Å². The molecule has 0 amide bonds. The molecular weight excluding hydrogens is 236 g/mol. The molecule has 0 radical (unpaired) electrons. The van der Waals surface area contributed by atoms with E-state index in [2.05, 4.69) is 21.9 Å². The predicted molar refractivity (Wildman–Crippen MR) is 67.2 cm³/mol. The SMILES string of the molecule is CCN1CCCC1c1nc2cccc(Cl)n2n1. The van der Waals surface area contributed by atoms with E-state index in [-0.39, 0.29) is 0 Å². The molecule has 0 bridgehead atoms. The third-order valence-corrected chi connectivity index (χ3v) is 3.68. The number of halogens is 1. The van der Waals surface area contributed by atoms with Crippen molar-refractivity contribution >= 4 is 17.2 Å². The number of rotatable bonds is 2. The van der Waals surface area contributed by atoms with Crippen LogP contribution in [0.3, 0.4) is 0 Å². The van der Waals surface area contributed by atoms with Gasteiger partial charge in [-0.1, -0.05) is 24.6 Å². The van der Waals surface area contributed by atoms with Gasteiger partial charge in [0.15, 0.2) is 11.5 Å². The molecule has 1 saturated heterocycles. The van der Waals surface area contributed by atoms with Crippen molar-refractivity contribution < 1.29 is 0 Å². The summed E-state index contributed by atoms with van der Waals surface area (Å²) in [6.45, 7) is 4.37. The number of likely N-dealkylation sites (tertiary alicyclic amines) is 1. The van der Waals surface area contributed by atoms with Crippen LogP contribution in [0.25, 0.3) is 5.65 Å². The van der Waals surface area contributed by atoms with E-state index in [9.17, 15) is 0 Å². The van der Waals surface area contributed by atoms with Gasteiger partial charge in [0.05, 0.1) is 6.04 Å². The zero-order valence-electron chi connectivity index (χ0n) is 9.80. The van der Waals surface area contributed by atoms with Crippen molar-refractivity contribution in [1.29, 1.82) is 0 Å². The molecular formula is C12H15ClN4. The van der Waals surface area contributed by atoms with Crippen molar-refractivity contribution in [2.24, 2.45) is 0 Å². The molecule has 0 saturated carbocycles. The van der Waals surface area contributed by atoms with E-state index < -0.39 is 0 Å². The summed E-state index contributed by atoms with van der Waals surface area (Å²) in [5.74, 6) is 0.900. The molecule has 3 rings (SSSR count). The molecule has 2 aromatic heterocycles. The van der Waals surface area contributed by atoms with Crippen LogP contribution in [0.4, 0.5) is 0 Å². The fourth-order valence-electron chi connectivity index (χ4n) is 2.53. The molecule has 1 atom stereocenters. The maximum atomic E-state index is 6.09. The zero-order valence-corrected chi connectivity index (χ0v) is 10.6. The van der Waals surface area contributed by atoms with Crippen LogP contribution >= 0.6 is 11.6 Å². The highest BCUT2D eigenvalue weighted by atomic mass is 35.5. The van der Waals surface area contributed by atoms with Gasteiger partial charge in [-0.25, -0.2) is 9.50 Å². The van der Waals surface area contributed by atoms with Gasteiger partial charge in [0.2, 0.25) is 0 Å². The molecule has 1 aliphatic heterocycles. The first kappa shape index (κ1) is 11.0. The maximum Gasteiger partial charge on any atom is 0.168 e. The lowest BCUT2D eigenvalue weighted by molar-refractivity contribution is 0.262. The van der Waals surface area contributed by atoms with E-state index in [0.717, 1.165) is 31.0 Å². The summed E-state index contributed by atoms with van der Waals surface area (Å²) >= 11 is 6.09. The van der Waals surface area contributed by atoms with Crippen molar-refractivity contribution in [3.63, 3.8) is 0 Å². The quantitative estimate of drug-likeness (QED) is 0.768. The normalized spacial score (nSPS) is 21.4. The average molecular weight is 251 g/mol. The molecule has 1 unspecified atom stereocenters. The van der Waals surface area contributed by atoms with Gasteiger partial charge in [0.1, 0.15) is 5.15 Å². The highest BCUT2D eigenvalue weighted by Crippen LogP contribution is 2.29. The molecule has 1 fully saturated rings. The number of fused-ring (bicyclic) bond motifs is 1. The first-order valence-electron chi connectivity index (χ1n) is 6.05. The van der Waals surface area contributed by atoms with Crippen molar-refractivity contribution in [2.45, 2.75) is 25.8 Å². The predicted octanol–water partition coefficient (Wildman–Crippen LogP) is 2.54. The van der Waals surface area contributed by atoms with E-state index in [1.807, 2.05) is 18.2 Å². The van der Waals surface area contributed by atoms with E-state index in [1.54, 1.807) is 4.52 Å². The van der Waals surface area contributed by atoms with Gasteiger partial charge in [-0.2, -0.15) is 0 Å². The molecule has 5 heteroatoms. The molecule has 3 heterocycles. The lowest BCUT2D eigenvalue weighted by Crippen LogP contribution is -2.23. The lowest BCUT2D eigenvalue weighted by Gasteiger charge is -2.19. The van der Waals surface area contributed by atoms with E-state index >= 15 is 0 Å². The second kappa shape index (κ2) is 4.27. The molecule has 4 nitrogen and oxygen atoms in total. The van der Waals surface area contributed by atoms with Gasteiger partial charge in [-0.05, 0) is 38.1 Å². The van der Waals surface area contributed by atoms with Gasteiger partial charge < -0.3 is 0 Å². The molecule has 0 aliphatic carbocycles. The van der Waals surface area contributed by atoms with Gasteiger partial charge >= 0.3 is 0 Å². The Labute approximate surface area is 105 Å². The average Bonchev–Trinajstić information content (AvgIpc) is 2.94. The Morgan fingerprint density at radius 2 is 2.35 bits per heavy atom. The summed E-state index contributed by atoms with van der Waals surface area (Å²) < 4.78 is 1.71. The van der Waals surface area contributed by atoms with Crippen molar-refractivity contribution in [2.75, 3.05) is 13.1 Å². The largest absolute Gasteiger partial charge is 0.294 e. The van der Waals surface area contributed by atoms with E-state index in [1.165, 1.54) is 6.42 Å². The molecule has 90 valence electrons. The van der Waals surface area contributed by atoms with Gasteiger partial charge in [0, 0.05) is 0 Å². The topological polar surface area (TPSA) is 33.4 Å². The van der Waals surface area contributed by atoms with Crippen molar-refractivity contribution in [1.82, 2.24) is 19.5 Å². The minimum atomic E-state index is 0.357. The first-order valence-corrected chi connectivity index (χ1v) is 6.42. The van der Waals surface area contributed by atoms with Gasteiger partial charge in [-0.3, -0.25) is 4.90 Å². The highest BCUT2D eigenvalue weighted by molar-refractivity contribution is 6.29. The summed E-state index contributed by atoms with van der Waals surface area (Å²) in [6, 6.07) is 6.03. The Kier molecular flexibility index (Phi) is 2.76. The summed E-state index contributed by atoms with van der Waals surface area (Å²) in [4.78, 5) is 7.00. The van der Waals surface area contributed by atoms with Crippen molar-refractivity contribution in [3.05, 3.63) is 29.2 Å². The zero-order chi connectivity index (χ0) is 11.8. The van der Waals surface area contributed by atoms with E-state index in [0.29, 0.717) is 11.2 Å². The number of hydrogen-bond donors (Lipinski definition) is 0. The Balaban J connectivity index is 2.03. The second-order valence-electron chi connectivity index (χ2n) is 4.38. The maximum absolute atomic E-state index is 6.09. The fraction of sp³-hybridized carbons (Fsp3) is 0.500. The second-order valence-corrected chi connectivity index (χ2v) is 4.76.